The Morgan fingerprint density at radius 1 is 1.74 bits per heavy atom. The molecule has 1 saturated carbocycles. The van der Waals surface area contributed by atoms with Gasteiger partial charge in [-0.2, -0.15) is 0 Å². The molecule has 0 radical (unpaired) electrons. The third kappa shape index (κ3) is 2.64. The van der Waals surface area contributed by atoms with Crippen LogP contribution in [0.15, 0.2) is 12.4 Å². The molecule has 1 fully saturated rings. The van der Waals surface area contributed by atoms with E-state index in [2.05, 4.69) is 22.2 Å². The van der Waals surface area contributed by atoms with Crippen LogP contribution < -0.4 is 11.1 Å². The maximum atomic E-state index is 11.6. The lowest BCUT2D eigenvalue weighted by Gasteiger charge is -2.28. The number of carbonyl (C=O) groups excluding carboxylic acids is 1. The Morgan fingerprint density at radius 3 is 2.95 bits per heavy atom. The highest BCUT2D eigenvalue weighted by molar-refractivity contribution is 5.85. The number of hydrogen-bond donors (Lipinski definition) is 2. The largest absolute Gasteiger partial charge is 0.368 e. The van der Waals surface area contributed by atoms with Crippen LogP contribution >= 0.6 is 0 Å². The van der Waals surface area contributed by atoms with Crippen LogP contribution in [0.4, 0.5) is 0 Å². The number of rotatable bonds is 5. The van der Waals surface area contributed by atoms with Crippen molar-refractivity contribution < 1.29 is 4.79 Å². The van der Waals surface area contributed by atoms with Gasteiger partial charge in [0.1, 0.15) is 5.82 Å². The highest BCUT2D eigenvalue weighted by Crippen LogP contribution is 2.32. The molecule has 0 bridgehead atoms. The first-order chi connectivity index (χ1) is 8.98. The first kappa shape index (κ1) is 14.0. The zero-order valence-electron chi connectivity index (χ0n) is 11.9. The number of nitrogens with one attached hydrogen (secondary N) is 1. The number of imidazole rings is 1. The molecule has 19 heavy (non-hydrogen) atoms. The van der Waals surface area contributed by atoms with E-state index in [0.717, 1.165) is 31.6 Å². The summed E-state index contributed by atoms with van der Waals surface area (Å²) in [5, 5.41) is 3.11. The van der Waals surface area contributed by atoms with Crippen molar-refractivity contribution in [3.8, 4) is 0 Å². The van der Waals surface area contributed by atoms with Gasteiger partial charge in [-0.05, 0) is 33.4 Å². The third-order valence-corrected chi connectivity index (χ3v) is 4.37. The minimum atomic E-state index is -0.541. The second kappa shape index (κ2) is 5.30. The maximum Gasteiger partial charge on any atom is 0.237 e. The molecule has 3 N–H and O–H groups in total. The number of amides is 1. The summed E-state index contributed by atoms with van der Waals surface area (Å²) >= 11 is 0. The van der Waals surface area contributed by atoms with E-state index in [0.29, 0.717) is 6.04 Å². The van der Waals surface area contributed by atoms with Crippen LogP contribution in [0, 0.1) is 0 Å². The predicted molar refractivity (Wildman–Crippen MR) is 73.3 cm³/mol. The van der Waals surface area contributed by atoms with Crippen molar-refractivity contribution in [3.05, 3.63) is 18.2 Å². The average Bonchev–Trinajstić information content (AvgIpc) is 2.97. The number of likely N-dealkylation sites (N-methyl/N-ethyl adjacent to an activating group) is 1. The molecule has 1 aromatic rings. The predicted octanol–water partition coefficient (Wildman–Crippen LogP) is -0.152. The number of nitrogens with two attached hydrogens (primary N) is 1. The molecule has 1 aliphatic carbocycles. The number of aryl methyl sites for hydroxylation is 1. The van der Waals surface area contributed by atoms with Gasteiger partial charge in [0.15, 0.2) is 0 Å². The topological polar surface area (TPSA) is 76.2 Å². The fourth-order valence-corrected chi connectivity index (χ4v) is 2.87. The molecular formula is C13H23N5O. The molecule has 0 aromatic carbocycles. The van der Waals surface area contributed by atoms with Gasteiger partial charge >= 0.3 is 0 Å². The van der Waals surface area contributed by atoms with Gasteiger partial charge in [-0.3, -0.25) is 9.69 Å². The minimum absolute atomic E-state index is 0.247. The lowest BCUT2D eigenvalue weighted by molar-refractivity contribution is -0.124. The van der Waals surface area contributed by atoms with Gasteiger partial charge in [-0.15, -0.1) is 0 Å². The van der Waals surface area contributed by atoms with E-state index in [1.54, 1.807) is 6.20 Å². The number of aromatic nitrogens is 2. The Balaban J connectivity index is 2.01. The minimum Gasteiger partial charge on any atom is -0.368 e. The average molecular weight is 265 g/mol. The van der Waals surface area contributed by atoms with E-state index in [1.165, 1.54) is 0 Å². The smallest absolute Gasteiger partial charge is 0.237 e. The Hall–Kier alpha value is -1.40. The van der Waals surface area contributed by atoms with Crippen molar-refractivity contribution in [2.45, 2.75) is 37.4 Å². The normalized spacial score (nSPS) is 27.1. The van der Waals surface area contributed by atoms with E-state index in [-0.39, 0.29) is 5.91 Å². The molecule has 0 spiro atoms. The Bertz CT molecular complexity index is 458. The van der Waals surface area contributed by atoms with Crippen molar-refractivity contribution in [1.29, 1.82) is 0 Å². The summed E-state index contributed by atoms with van der Waals surface area (Å²) in [6.45, 7) is 0.784. The van der Waals surface area contributed by atoms with Crippen molar-refractivity contribution in [2.24, 2.45) is 12.8 Å². The summed E-state index contributed by atoms with van der Waals surface area (Å²) in [5.41, 5.74) is 4.99. The first-order valence-electron chi connectivity index (χ1n) is 6.64. The lowest BCUT2D eigenvalue weighted by Crippen LogP contribution is -2.53. The second-order valence-electron chi connectivity index (χ2n) is 5.46. The van der Waals surface area contributed by atoms with E-state index in [9.17, 15) is 4.79 Å². The summed E-state index contributed by atoms with van der Waals surface area (Å²) in [5.74, 6) is 0.784. The maximum absolute atomic E-state index is 11.6. The summed E-state index contributed by atoms with van der Waals surface area (Å²) in [6, 6.07) is 0.358. The van der Waals surface area contributed by atoms with E-state index >= 15 is 0 Å². The van der Waals surface area contributed by atoms with Crippen LogP contribution in [-0.4, -0.2) is 46.0 Å². The molecule has 6 heteroatoms. The fraction of sp³-hybridized carbons (Fsp3) is 0.692. The van der Waals surface area contributed by atoms with Crippen LogP contribution in [-0.2, 0) is 18.4 Å². The molecule has 1 aliphatic rings. The number of carbonyl (C=O) groups is 1. The van der Waals surface area contributed by atoms with Crippen molar-refractivity contribution in [2.75, 3.05) is 14.1 Å². The van der Waals surface area contributed by atoms with Gasteiger partial charge in [-0.1, -0.05) is 0 Å². The summed E-state index contributed by atoms with van der Waals surface area (Å²) in [4.78, 5) is 18.2. The van der Waals surface area contributed by atoms with E-state index < -0.39 is 5.54 Å². The Morgan fingerprint density at radius 2 is 2.47 bits per heavy atom. The van der Waals surface area contributed by atoms with Gasteiger partial charge < -0.3 is 15.6 Å². The SMILES string of the molecule is CNC1(C(N)=O)CCC(N(C)Cc2nccn2C)C1. The quantitative estimate of drug-likeness (QED) is 0.776. The molecule has 1 heterocycles. The Kier molecular flexibility index (Phi) is 3.91. The van der Waals surface area contributed by atoms with Gasteiger partial charge in [0, 0.05) is 25.5 Å². The zero-order valence-corrected chi connectivity index (χ0v) is 11.9. The van der Waals surface area contributed by atoms with Gasteiger partial charge in [-0.25, -0.2) is 4.98 Å². The standard InChI is InChI=1S/C13H23N5O/c1-15-13(12(14)19)5-4-10(8-13)18(3)9-11-16-6-7-17(11)2/h6-7,10,15H,4-5,8-9H2,1-3H3,(H2,14,19). The fourth-order valence-electron chi connectivity index (χ4n) is 2.87. The van der Waals surface area contributed by atoms with Crippen molar-refractivity contribution in [3.63, 3.8) is 0 Å². The molecule has 1 aromatic heterocycles. The molecule has 2 rings (SSSR count). The summed E-state index contributed by atoms with van der Waals surface area (Å²) in [6.07, 6.45) is 6.29. The molecule has 106 valence electrons. The Labute approximate surface area is 114 Å². The summed E-state index contributed by atoms with van der Waals surface area (Å²) in [7, 11) is 5.88. The van der Waals surface area contributed by atoms with Crippen molar-refractivity contribution in [1.82, 2.24) is 19.8 Å². The molecule has 1 amide bonds. The van der Waals surface area contributed by atoms with E-state index in [4.69, 9.17) is 5.73 Å². The molecule has 6 nitrogen and oxygen atoms in total. The first-order valence-corrected chi connectivity index (χ1v) is 6.64. The van der Waals surface area contributed by atoms with Crippen LogP contribution in [0.1, 0.15) is 25.1 Å². The second-order valence-corrected chi connectivity index (χ2v) is 5.46. The molecule has 2 atom stereocenters. The van der Waals surface area contributed by atoms with Crippen LogP contribution in [0.5, 0.6) is 0 Å². The molecule has 0 aliphatic heterocycles. The lowest BCUT2D eigenvalue weighted by atomic mass is 9.96. The monoisotopic (exact) mass is 265 g/mol. The summed E-state index contributed by atoms with van der Waals surface area (Å²) < 4.78 is 2.02. The molecule has 2 unspecified atom stereocenters. The zero-order chi connectivity index (χ0) is 14.0. The number of primary amides is 1. The van der Waals surface area contributed by atoms with Crippen LogP contribution in [0.3, 0.4) is 0 Å². The van der Waals surface area contributed by atoms with Gasteiger partial charge in [0.2, 0.25) is 5.91 Å². The molecule has 0 saturated heterocycles. The van der Waals surface area contributed by atoms with Crippen molar-refractivity contribution >= 4 is 5.91 Å². The van der Waals surface area contributed by atoms with Crippen LogP contribution in [0.25, 0.3) is 0 Å². The third-order valence-electron chi connectivity index (χ3n) is 4.37. The number of nitrogens with zero attached hydrogens (tertiary/aromatic N) is 3. The number of hydrogen-bond acceptors (Lipinski definition) is 4. The van der Waals surface area contributed by atoms with Crippen LogP contribution in [0.2, 0.25) is 0 Å². The highest BCUT2D eigenvalue weighted by Gasteiger charge is 2.43. The van der Waals surface area contributed by atoms with E-state index in [1.807, 2.05) is 24.9 Å². The highest BCUT2D eigenvalue weighted by atomic mass is 16.1. The van der Waals surface area contributed by atoms with Gasteiger partial charge in [0.05, 0.1) is 12.1 Å². The van der Waals surface area contributed by atoms with Gasteiger partial charge in [0.25, 0.3) is 0 Å². The molecular weight excluding hydrogens is 242 g/mol.